The Morgan fingerprint density at radius 2 is 2.25 bits per heavy atom. The summed E-state index contributed by atoms with van der Waals surface area (Å²) in [7, 11) is 0. The quantitative estimate of drug-likeness (QED) is 0.398. The monoisotopic (exact) mass is 270 g/mol. The van der Waals surface area contributed by atoms with Gasteiger partial charge in [-0.1, -0.05) is 0 Å². The molecule has 0 aromatic carbocycles. The second-order valence-corrected chi connectivity index (χ2v) is 4.28. The average Bonchev–Trinajstić information content (AvgIpc) is 3.02. The van der Waals surface area contributed by atoms with Gasteiger partial charge in [0.1, 0.15) is 17.5 Å². The third-order valence-corrected chi connectivity index (χ3v) is 2.85. The molecule has 0 saturated carbocycles. The summed E-state index contributed by atoms with van der Waals surface area (Å²) in [5.74, 6) is -0.179. The second-order valence-electron chi connectivity index (χ2n) is 4.28. The highest BCUT2D eigenvalue weighted by atomic mass is 15.5. The van der Waals surface area contributed by atoms with Gasteiger partial charge in [-0.2, -0.15) is 4.98 Å². The first kappa shape index (κ1) is 10.9. The van der Waals surface area contributed by atoms with E-state index in [2.05, 4.69) is 45.5 Å². The zero-order valence-corrected chi connectivity index (χ0v) is 10.1. The third kappa shape index (κ3) is 1.66. The van der Waals surface area contributed by atoms with Crippen LogP contribution in [-0.4, -0.2) is 42.0 Å². The molecule has 1 atom stereocenters. The Kier molecular flexibility index (Phi) is 2.03. The van der Waals surface area contributed by atoms with Gasteiger partial charge in [-0.3, -0.25) is 5.73 Å². The summed E-state index contributed by atoms with van der Waals surface area (Å²) in [6.07, 6.45) is 6.23. The van der Waals surface area contributed by atoms with Crippen molar-refractivity contribution in [2.75, 3.05) is 10.6 Å². The van der Waals surface area contributed by atoms with Crippen LogP contribution in [0.15, 0.2) is 23.8 Å². The Morgan fingerprint density at radius 1 is 1.30 bits per heavy atom. The molecule has 0 spiro atoms. The van der Waals surface area contributed by atoms with Crippen LogP contribution in [0.25, 0.3) is 11.2 Å². The highest BCUT2D eigenvalue weighted by Crippen LogP contribution is 2.20. The summed E-state index contributed by atoms with van der Waals surface area (Å²) in [5.41, 5.74) is 8.14. The van der Waals surface area contributed by atoms with E-state index in [1.165, 1.54) is 6.33 Å². The Balaban J connectivity index is 1.65. The van der Waals surface area contributed by atoms with Crippen LogP contribution in [0, 0.1) is 0 Å². The van der Waals surface area contributed by atoms with E-state index in [9.17, 15) is 0 Å². The third-order valence-electron chi connectivity index (χ3n) is 2.85. The first-order valence-corrected chi connectivity index (χ1v) is 5.81. The van der Waals surface area contributed by atoms with Gasteiger partial charge in [0, 0.05) is 0 Å². The zero-order chi connectivity index (χ0) is 13.6. The number of aromatic amines is 2. The predicted molar refractivity (Wildman–Crippen MR) is 72.0 cm³/mol. The van der Waals surface area contributed by atoms with Crippen molar-refractivity contribution in [3.05, 3.63) is 24.5 Å². The van der Waals surface area contributed by atoms with Gasteiger partial charge in [0.05, 0.1) is 18.7 Å². The molecule has 0 fully saturated rings. The van der Waals surface area contributed by atoms with Crippen LogP contribution in [0.4, 0.5) is 11.8 Å². The SMILES string of the molecule is NC1(Nc2nc3ncncc3[nH]2)N=Cc2[nH]cnc2N1. The van der Waals surface area contributed by atoms with E-state index in [1.807, 2.05) is 0 Å². The molecule has 0 bridgehead atoms. The van der Waals surface area contributed by atoms with E-state index in [1.54, 1.807) is 18.7 Å². The van der Waals surface area contributed by atoms with Gasteiger partial charge in [-0.15, -0.1) is 0 Å². The molecule has 10 nitrogen and oxygen atoms in total. The fraction of sp³-hybridized carbons (Fsp3) is 0.100. The Morgan fingerprint density at radius 3 is 3.15 bits per heavy atom. The Bertz CT molecular complexity index is 768. The number of rotatable bonds is 2. The van der Waals surface area contributed by atoms with Crippen LogP contribution in [-0.2, 0) is 0 Å². The van der Waals surface area contributed by atoms with Crippen LogP contribution < -0.4 is 16.4 Å². The summed E-state index contributed by atoms with van der Waals surface area (Å²) in [6.45, 7) is 0. The van der Waals surface area contributed by atoms with Gasteiger partial charge < -0.3 is 20.6 Å². The number of hydrogen-bond donors (Lipinski definition) is 5. The largest absolute Gasteiger partial charge is 0.342 e. The van der Waals surface area contributed by atoms with Gasteiger partial charge in [-0.05, 0) is 0 Å². The molecular formula is C10H10N10. The summed E-state index contributed by atoms with van der Waals surface area (Å²) < 4.78 is 0. The van der Waals surface area contributed by atoms with Gasteiger partial charge in [-0.25, -0.2) is 19.9 Å². The van der Waals surface area contributed by atoms with E-state index in [0.29, 0.717) is 22.9 Å². The van der Waals surface area contributed by atoms with Crippen LogP contribution in [0.1, 0.15) is 5.69 Å². The molecule has 1 unspecified atom stereocenters. The topological polar surface area (TPSA) is 146 Å². The van der Waals surface area contributed by atoms with Crippen molar-refractivity contribution in [2.24, 2.45) is 10.7 Å². The van der Waals surface area contributed by atoms with Crippen molar-refractivity contribution in [1.82, 2.24) is 29.9 Å². The number of nitrogens with one attached hydrogen (secondary N) is 4. The van der Waals surface area contributed by atoms with Crippen molar-refractivity contribution < 1.29 is 0 Å². The van der Waals surface area contributed by atoms with Crippen LogP contribution in [0.3, 0.4) is 0 Å². The minimum absolute atomic E-state index is 0.437. The molecule has 0 amide bonds. The van der Waals surface area contributed by atoms with Crippen LogP contribution in [0.2, 0.25) is 0 Å². The smallest absolute Gasteiger partial charge is 0.267 e. The number of fused-ring (bicyclic) bond motifs is 2. The van der Waals surface area contributed by atoms with E-state index in [0.717, 1.165) is 5.69 Å². The second kappa shape index (κ2) is 3.74. The lowest BCUT2D eigenvalue weighted by Crippen LogP contribution is -2.54. The molecule has 100 valence electrons. The number of aromatic nitrogens is 6. The molecule has 1 aliphatic heterocycles. The molecule has 6 N–H and O–H groups in total. The molecule has 10 heteroatoms. The summed E-state index contributed by atoms with van der Waals surface area (Å²) >= 11 is 0. The Labute approximate surface area is 112 Å². The van der Waals surface area contributed by atoms with E-state index in [-0.39, 0.29) is 0 Å². The van der Waals surface area contributed by atoms with Crippen molar-refractivity contribution >= 4 is 29.1 Å². The van der Waals surface area contributed by atoms with E-state index < -0.39 is 5.91 Å². The summed E-state index contributed by atoms with van der Waals surface area (Å²) in [5, 5.41) is 5.93. The highest BCUT2D eigenvalue weighted by Gasteiger charge is 2.29. The predicted octanol–water partition coefficient (Wildman–Crippen LogP) is -0.398. The van der Waals surface area contributed by atoms with Crippen LogP contribution >= 0.6 is 0 Å². The maximum absolute atomic E-state index is 6.12. The van der Waals surface area contributed by atoms with Gasteiger partial charge in [0.15, 0.2) is 11.5 Å². The highest BCUT2D eigenvalue weighted by molar-refractivity contribution is 5.86. The van der Waals surface area contributed by atoms with E-state index >= 15 is 0 Å². The first-order valence-electron chi connectivity index (χ1n) is 5.81. The molecule has 0 aliphatic carbocycles. The molecule has 20 heavy (non-hydrogen) atoms. The van der Waals surface area contributed by atoms with Crippen molar-refractivity contribution in [1.29, 1.82) is 0 Å². The van der Waals surface area contributed by atoms with Crippen molar-refractivity contribution in [3.63, 3.8) is 0 Å². The number of nitrogens with zero attached hydrogens (tertiary/aromatic N) is 5. The number of nitrogens with two attached hydrogens (primary N) is 1. The molecule has 4 rings (SSSR count). The summed E-state index contributed by atoms with van der Waals surface area (Å²) in [4.78, 5) is 26.5. The van der Waals surface area contributed by atoms with Gasteiger partial charge in [0.25, 0.3) is 5.91 Å². The molecule has 3 aromatic rings. The van der Waals surface area contributed by atoms with Crippen molar-refractivity contribution in [3.8, 4) is 0 Å². The first-order chi connectivity index (χ1) is 9.72. The average molecular weight is 270 g/mol. The lowest BCUT2D eigenvalue weighted by atomic mass is 10.4. The standard InChI is InChI=1S/C10H10N10/c11-10(16-2-5-8(19-10)15-4-13-5)20-9-17-6-1-12-3-14-7(6)18-9/h1-4,19H,11H2,(H,13,15)(H2,12,14,17,18,20). The molecule has 3 aromatic heterocycles. The molecule has 0 radical (unpaired) electrons. The number of imidazole rings is 2. The molecule has 0 saturated heterocycles. The Hall–Kier alpha value is -3.01. The molecule has 1 aliphatic rings. The lowest BCUT2D eigenvalue weighted by molar-refractivity contribution is 0.576. The number of H-pyrrole nitrogens is 2. The maximum atomic E-state index is 6.12. The number of anilines is 2. The minimum Gasteiger partial charge on any atom is -0.342 e. The number of hydrogen-bond acceptors (Lipinski definition) is 8. The minimum atomic E-state index is -1.23. The summed E-state index contributed by atoms with van der Waals surface area (Å²) in [6, 6.07) is 0. The number of aliphatic imine (C=N–C) groups is 1. The molecule has 4 heterocycles. The normalized spacial score (nSPS) is 20.6. The van der Waals surface area contributed by atoms with Crippen molar-refractivity contribution in [2.45, 2.75) is 5.91 Å². The fourth-order valence-electron chi connectivity index (χ4n) is 1.95. The van der Waals surface area contributed by atoms with Gasteiger partial charge in [0.2, 0.25) is 5.95 Å². The fourth-order valence-corrected chi connectivity index (χ4v) is 1.95. The van der Waals surface area contributed by atoms with Gasteiger partial charge >= 0.3 is 0 Å². The maximum Gasteiger partial charge on any atom is 0.267 e. The van der Waals surface area contributed by atoms with E-state index in [4.69, 9.17) is 5.73 Å². The lowest BCUT2D eigenvalue weighted by Gasteiger charge is -2.29. The molecular weight excluding hydrogens is 260 g/mol. The zero-order valence-electron chi connectivity index (χ0n) is 10.1. The van der Waals surface area contributed by atoms with Crippen LogP contribution in [0.5, 0.6) is 0 Å².